The molecule has 0 aliphatic heterocycles. The number of carbonyl (C=O) groups excluding carboxylic acids is 2. The number of unbranched alkanes of at least 4 members (excludes halogenated alkanes) is 22. The second-order valence-electron chi connectivity index (χ2n) is 12.8. The molecule has 0 aliphatic carbocycles. The lowest BCUT2D eigenvalue weighted by molar-refractivity contribution is -0.163. The smallest absolute Gasteiger partial charge is 0.306 e. The molecule has 0 saturated carbocycles. The normalized spacial score (nSPS) is 12.2. The van der Waals surface area contributed by atoms with Gasteiger partial charge in [0.1, 0.15) is 6.61 Å². The molecule has 0 bridgehead atoms. The van der Waals surface area contributed by atoms with Gasteiger partial charge in [0.05, 0.1) is 6.61 Å². The monoisotopic (exact) mass is 623 g/mol. The van der Waals surface area contributed by atoms with E-state index in [1.165, 1.54) is 116 Å². The molecule has 44 heavy (non-hydrogen) atoms. The quantitative estimate of drug-likeness (QED) is 0.0400. The summed E-state index contributed by atoms with van der Waals surface area (Å²) in [6.07, 6.45) is 36.4. The molecule has 5 nitrogen and oxygen atoms in total. The molecule has 0 heterocycles. The molecular weight excluding hydrogens is 548 g/mol. The summed E-state index contributed by atoms with van der Waals surface area (Å²) in [5.74, 6) is -0.410. The third-order valence-corrected chi connectivity index (χ3v) is 8.30. The maximum Gasteiger partial charge on any atom is 0.306 e. The van der Waals surface area contributed by atoms with E-state index >= 15 is 0 Å². The number of hydrogen-bond acceptors (Lipinski definition) is 5. The minimum Gasteiger partial charge on any atom is -0.462 e. The molecule has 260 valence electrons. The molecule has 0 aromatic rings. The van der Waals surface area contributed by atoms with Gasteiger partial charge in [-0.05, 0) is 44.9 Å². The van der Waals surface area contributed by atoms with Gasteiger partial charge in [0.2, 0.25) is 0 Å². The van der Waals surface area contributed by atoms with E-state index in [0.29, 0.717) is 26.1 Å². The van der Waals surface area contributed by atoms with Crippen LogP contribution in [0, 0.1) is 0 Å². The molecule has 0 rings (SSSR count). The number of esters is 2. The van der Waals surface area contributed by atoms with Crippen LogP contribution >= 0.6 is 0 Å². The average molecular weight is 623 g/mol. The van der Waals surface area contributed by atoms with Crippen LogP contribution in [0.3, 0.4) is 0 Å². The van der Waals surface area contributed by atoms with Crippen LogP contribution < -0.4 is 0 Å². The molecule has 0 radical (unpaired) electrons. The molecule has 0 spiro atoms. The van der Waals surface area contributed by atoms with Gasteiger partial charge < -0.3 is 14.2 Å². The Balaban J connectivity index is 4.08. The van der Waals surface area contributed by atoms with Gasteiger partial charge in [-0.1, -0.05) is 155 Å². The second kappa shape index (κ2) is 36.1. The molecule has 1 unspecified atom stereocenters. The summed E-state index contributed by atoms with van der Waals surface area (Å²) in [4.78, 5) is 24.9. The van der Waals surface area contributed by atoms with Crippen molar-refractivity contribution in [2.45, 2.75) is 207 Å². The van der Waals surface area contributed by atoms with Crippen molar-refractivity contribution in [1.82, 2.24) is 0 Å². The first kappa shape index (κ1) is 42.6. The van der Waals surface area contributed by atoms with E-state index in [4.69, 9.17) is 14.2 Å². The van der Waals surface area contributed by atoms with E-state index in [0.717, 1.165) is 51.4 Å². The van der Waals surface area contributed by atoms with Gasteiger partial charge in [-0.3, -0.25) is 9.59 Å². The number of ether oxygens (including phenoxy) is 3. The third-order valence-electron chi connectivity index (χ3n) is 8.30. The number of hydrogen-bond donors (Lipinski definition) is 0. The Kier molecular flexibility index (Phi) is 35.0. The van der Waals surface area contributed by atoms with Crippen LogP contribution in [0.2, 0.25) is 0 Å². The van der Waals surface area contributed by atoms with Gasteiger partial charge in [-0.15, -0.1) is 0 Å². The fourth-order valence-corrected chi connectivity index (χ4v) is 5.38. The van der Waals surface area contributed by atoms with Crippen LogP contribution in [-0.4, -0.2) is 37.9 Å². The summed E-state index contributed by atoms with van der Waals surface area (Å²) in [7, 11) is 0. The van der Waals surface area contributed by atoms with Gasteiger partial charge in [-0.25, -0.2) is 0 Å². The van der Waals surface area contributed by atoms with Crippen molar-refractivity contribution >= 4 is 11.9 Å². The second-order valence-corrected chi connectivity index (χ2v) is 12.8. The highest BCUT2D eigenvalue weighted by atomic mass is 16.6. The Hall–Kier alpha value is -1.36. The van der Waals surface area contributed by atoms with Crippen molar-refractivity contribution in [3.63, 3.8) is 0 Å². The van der Waals surface area contributed by atoms with Gasteiger partial charge in [0.25, 0.3) is 0 Å². The highest BCUT2D eigenvalue weighted by Crippen LogP contribution is 2.12. The predicted molar refractivity (Wildman–Crippen MR) is 187 cm³/mol. The molecule has 0 N–H and O–H groups in total. The van der Waals surface area contributed by atoms with E-state index in [-0.39, 0.29) is 18.5 Å². The van der Waals surface area contributed by atoms with Crippen LogP contribution in [0.5, 0.6) is 0 Å². The van der Waals surface area contributed by atoms with Crippen LogP contribution in [0.4, 0.5) is 0 Å². The molecule has 0 saturated heterocycles. The van der Waals surface area contributed by atoms with Gasteiger partial charge >= 0.3 is 11.9 Å². The molecule has 0 aromatic carbocycles. The van der Waals surface area contributed by atoms with Gasteiger partial charge in [0, 0.05) is 19.4 Å². The lowest BCUT2D eigenvalue weighted by Gasteiger charge is -2.18. The Morgan fingerprint density at radius 3 is 1.39 bits per heavy atom. The zero-order valence-corrected chi connectivity index (χ0v) is 29.7. The molecular formula is C39H74O5. The first-order valence-corrected chi connectivity index (χ1v) is 19.2. The molecule has 5 heteroatoms. The van der Waals surface area contributed by atoms with E-state index in [1.807, 2.05) is 0 Å². The summed E-state index contributed by atoms with van der Waals surface area (Å²) in [5.41, 5.74) is 0. The van der Waals surface area contributed by atoms with E-state index in [1.54, 1.807) is 0 Å². The summed E-state index contributed by atoms with van der Waals surface area (Å²) in [5, 5.41) is 0. The largest absolute Gasteiger partial charge is 0.462 e. The topological polar surface area (TPSA) is 61.8 Å². The van der Waals surface area contributed by atoms with Crippen molar-refractivity contribution in [2.75, 3.05) is 19.8 Å². The van der Waals surface area contributed by atoms with E-state index in [9.17, 15) is 9.59 Å². The van der Waals surface area contributed by atoms with Crippen molar-refractivity contribution in [3.05, 3.63) is 12.2 Å². The summed E-state index contributed by atoms with van der Waals surface area (Å²) >= 11 is 0. The van der Waals surface area contributed by atoms with Crippen molar-refractivity contribution in [2.24, 2.45) is 0 Å². The molecule has 0 aromatic heterocycles. The lowest BCUT2D eigenvalue weighted by Crippen LogP contribution is -2.30. The zero-order valence-electron chi connectivity index (χ0n) is 29.7. The van der Waals surface area contributed by atoms with Crippen molar-refractivity contribution in [1.29, 1.82) is 0 Å². The molecule has 0 fully saturated rings. The fraction of sp³-hybridized carbons (Fsp3) is 0.897. The standard InChI is InChI=1S/C39H74O5/c1-4-7-10-13-16-17-18-19-20-21-22-23-25-26-29-32-38(40)43-36-37(35-42-34-31-28-15-12-9-6-3)44-39(41)33-30-27-24-14-11-8-5-2/h19-20,37H,4-18,21-36H2,1-3H3/b20-19-. The number of allylic oxidation sites excluding steroid dienone is 2. The number of rotatable bonds is 35. The summed E-state index contributed by atoms with van der Waals surface area (Å²) in [6.45, 7) is 7.74. The van der Waals surface area contributed by atoms with Gasteiger partial charge in [0.15, 0.2) is 6.10 Å². The van der Waals surface area contributed by atoms with Crippen molar-refractivity contribution in [3.8, 4) is 0 Å². The molecule has 0 amide bonds. The van der Waals surface area contributed by atoms with Crippen molar-refractivity contribution < 1.29 is 23.8 Å². The molecule has 1 atom stereocenters. The summed E-state index contributed by atoms with van der Waals surface area (Å²) in [6, 6.07) is 0. The average Bonchev–Trinajstić information content (AvgIpc) is 3.02. The van der Waals surface area contributed by atoms with Crippen LogP contribution in [0.25, 0.3) is 0 Å². The van der Waals surface area contributed by atoms with Crippen LogP contribution in [0.15, 0.2) is 12.2 Å². The molecule has 0 aliphatic rings. The summed E-state index contributed by atoms with van der Waals surface area (Å²) < 4.78 is 17.0. The minimum atomic E-state index is -0.523. The maximum atomic E-state index is 12.5. The van der Waals surface area contributed by atoms with Crippen LogP contribution in [0.1, 0.15) is 201 Å². The third kappa shape index (κ3) is 33.5. The zero-order chi connectivity index (χ0) is 32.2. The Morgan fingerprint density at radius 2 is 0.886 bits per heavy atom. The van der Waals surface area contributed by atoms with E-state index in [2.05, 4.69) is 32.9 Å². The Labute approximate surface area is 274 Å². The Bertz CT molecular complexity index is 632. The SMILES string of the molecule is CCCCCCCC/C=C\CCCCCCCC(=O)OCC(COCCCCCCCC)OC(=O)CCCCCCCCC. The first-order chi connectivity index (χ1) is 21.6. The van der Waals surface area contributed by atoms with Gasteiger partial charge in [-0.2, -0.15) is 0 Å². The van der Waals surface area contributed by atoms with Crippen LogP contribution in [-0.2, 0) is 23.8 Å². The predicted octanol–water partition coefficient (Wildman–Crippen LogP) is 12.0. The first-order valence-electron chi connectivity index (χ1n) is 19.2. The number of carbonyl (C=O) groups is 2. The fourth-order valence-electron chi connectivity index (χ4n) is 5.38. The minimum absolute atomic E-state index is 0.0865. The highest BCUT2D eigenvalue weighted by Gasteiger charge is 2.17. The lowest BCUT2D eigenvalue weighted by atomic mass is 10.1. The Morgan fingerprint density at radius 1 is 0.477 bits per heavy atom. The van der Waals surface area contributed by atoms with E-state index < -0.39 is 6.10 Å². The highest BCUT2D eigenvalue weighted by molar-refractivity contribution is 5.70. The maximum absolute atomic E-state index is 12.5.